The lowest BCUT2D eigenvalue weighted by Crippen LogP contribution is -2.09. The first-order chi connectivity index (χ1) is 12.6. The molecule has 142 valence electrons. The summed E-state index contributed by atoms with van der Waals surface area (Å²) in [6, 6.07) is 6.83. The number of anilines is 1. The minimum absolute atomic E-state index is 0.0549. The number of ether oxygens (including phenoxy) is 1. The Hall–Kier alpha value is -2.98. The maximum Gasteiger partial charge on any atom is 0.332 e. The van der Waals surface area contributed by atoms with Crippen LogP contribution in [0, 0.1) is 10.1 Å². The molecule has 0 bridgehead atoms. The maximum absolute atomic E-state index is 13.1. The van der Waals surface area contributed by atoms with Crippen LogP contribution in [0.3, 0.4) is 0 Å². The van der Waals surface area contributed by atoms with E-state index in [0.29, 0.717) is 5.56 Å². The lowest BCUT2D eigenvalue weighted by molar-refractivity contribution is -0.384. The number of hydrogen-bond acceptors (Lipinski definition) is 6. The highest BCUT2D eigenvalue weighted by Crippen LogP contribution is 2.28. The van der Waals surface area contributed by atoms with E-state index in [1.165, 1.54) is 31.4 Å². The van der Waals surface area contributed by atoms with E-state index >= 15 is 0 Å². The Balaban J connectivity index is 2.23. The van der Waals surface area contributed by atoms with Gasteiger partial charge < -0.3 is 10.1 Å². The molecule has 0 spiro atoms. The first-order valence-corrected chi connectivity index (χ1v) is 8.93. The summed E-state index contributed by atoms with van der Waals surface area (Å²) in [5.41, 5.74) is 0.0979. The van der Waals surface area contributed by atoms with Crippen LogP contribution in [0.5, 0.6) is 5.75 Å². The van der Waals surface area contributed by atoms with Crippen molar-refractivity contribution < 1.29 is 26.8 Å². The average Bonchev–Trinajstić information content (AvgIpc) is 2.59. The van der Waals surface area contributed by atoms with Gasteiger partial charge in [-0.05, 0) is 35.9 Å². The molecule has 2 aromatic rings. The fraction of sp³-hybridized carbons (Fsp3) is 0.0625. The molecule has 0 atom stereocenters. The van der Waals surface area contributed by atoms with E-state index in [9.17, 15) is 27.2 Å². The Labute approximate surface area is 158 Å². The number of benzene rings is 2. The highest BCUT2D eigenvalue weighted by atomic mass is 35.5. The van der Waals surface area contributed by atoms with Crippen molar-refractivity contribution in [2.45, 2.75) is 4.90 Å². The van der Waals surface area contributed by atoms with E-state index in [0.717, 1.165) is 24.3 Å². The average molecular weight is 415 g/mol. The second-order valence-corrected chi connectivity index (χ2v) is 6.84. The number of hydrogen-bond donors (Lipinski definition) is 1. The van der Waals surface area contributed by atoms with Crippen LogP contribution < -0.4 is 10.1 Å². The van der Waals surface area contributed by atoms with Crippen LogP contribution in [-0.2, 0) is 15.0 Å². The van der Waals surface area contributed by atoms with E-state index < -0.39 is 25.9 Å². The first kappa shape index (κ1) is 20.3. The number of nitrogens with zero attached hydrogens (tertiary/aromatic N) is 1. The van der Waals surface area contributed by atoms with Crippen LogP contribution in [0.2, 0.25) is 5.02 Å². The number of amides is 1. The molecular formula is C16H12ClFN2O6S. The van der Waals surface area contributed by atoms with Crippen LogP contribution in [0.4, 0.5) is 15.3 Å². The summed E-state index contributed by atoms with van der Waals surface area (Å²) in [5, 5.41) is 13.1. The van der Waals surface area contributed by atoms with Crippen molar-refractivity contribution in [1.29, 1.82) is 0 Å². The minimum Gasteiger partial charge on any atom is -0.495 e. The molecule has 2 rings (SSSR count). The van der Waals surface area contributed by atoms with Crippen LogP contribution in [0.1, 0.15) is 5.56 Å². The summed E-state index contributed by atoms with van der Waals surface area (Å²) in [4.78, 5) is 21.5. The highest BCUT2D eigenvalue weighted by molar-refractivity contribution is 7.86. The zero-order chi connectivity index (χ0) is 20.2. The monoisotopic (exact) mass is 414 g/mol. The van der Waals surface area contributed by atoms with Gasteiger partial charge in [0.2, 0.25) is 5.91 Å². The number of nitro benzene ring substituents is 1. The van der Waals surface area contributed by atoms with Gasteiger partial charge in [0.15, 0.2) is 0 Å². The van der Waals surface area contributed by atoms with Gasteiger partial charge in [0, 0.05) is 18.2 Å². The van der Waals surface area contributed by atoms with Gasteiger partial charge >= 0.3 is 10.2 Å². The third-order valence-corrected chi connectivity index (χ3v) is 4.46. The van der Waals surface area contributed by atoms with Crippen molar-refractivity contribution in [2.75, 3.05) is 12.4 Å². The molecular weight excluding hydrogens is 403 g/mol. The standard InChI is InChI=1S/C16H12ClFN2O6S/c1-26-15-6-5-12(27(18,24)25)9-14(15)19-16(21)7-3-10-2-4-11(20(22)23)8-13(10)17/h2-9H,1H3,(H,19,21)/b7-3+. The van der Waals surface area contributed by atoms with Gasteiger partial charge in [0.25, 0.3) is 5.69 Å². The number of halogens is 2. The Morgan fingerprint density at radius 1 is 1.30 bits per heavy atom. The van der Waals surface area contributed by atoms with Crippen LogP contribution in [0.15, 0.2) is 47.4 Å². The summed E-state index contributed by atoms with van der Waals surface area (Å²) in [6.07, 6.45) is 2.38. The molecule has 0 radical (unpaired) electrons. The topological polar surface area (TPSA) is 116 Å². The van der Waals surface area contributed by atoms with Crippen molar-refractivity contribution in [3.8, 4) is 5.75 Å². The Bertz CT molecular complexity index is 1040. The van der Waals surface area contributed by atoms with Gasteiger partial charge in [0.05, 0.1) is 22.7 Å². The van der Waals surface area contributed by atoms with Crippen molar-refractivity contribution in [3.63, 3.8) is 0 Å². The van der Waals surface area contributed by atoms with E-state index in [1.807, 2.05) is 0 Å². The molecule has 0 aromatic heterocycles. The summed E-state index contributed by atoms with van der Waals surface area (Å²) >= 11 is 5.92. The van der Waals surface area contributed by atoms with E-state index in [2.05, 4.69) is 5.32 Å². The number of nitro groups is 1. The molecule has 0 fully saturated rings. The number of carbonyl (C=O) groups is 1. The number of methoxy groups -OCH3 is 1. The second-order valence-electron chi connectivity index (χ2n) is 5.09. The molecule has 1 N–H and O–H groups in total. The van der Waals surface area contributed by atoms with Gasteiger partial charge in [-0.15, -0.1) is 3.89 Å². The predicted octanol–water partition coefficient (Wildman–Crippen LogP) is 3.57. The lowest BCUT2D eigenvalue weighted by atomic mass is 10.2. The molecule has 8 nitrogen and oxygen atoms in total. The molecule has 0 aliphatic heterocycles. The van der Waals surface area contributed by atoms with Gasteiger partial charge in [-0.3, -0.25) is 14.9 Å². The maximum atomic E-state index is 13.1. The Morgan fingerprint density at radius 3 is 2.56 bits per heavy atom. The highest BCUT2D eigenvalue weighted by Gasteiger charge is 2.16. The first-order valence-electron chi connectivity index (χ1n) is 7.17. The zero-order valence-electron chi connectivity index (χ0n) is 13.7. The van der Waals surface area contributed by atoms with E-state index in [-0.39, 0.29) is 22.1 Å². The number of nitrogens with one attached hydrogen (secondary N) is 1. The Kier molecular flexibility index (Phi) is 6.13. The summed E-state index contributed by atoms with van der Waals surface area (Å²) in [5.74, 6) is -0.561. The van der Waals surface area contributed by atoms with Gasteiger partial charge in [-0.2, -0.15) is 8.42 Å². The van der Waals surface area contributed by atoms with Crippen molar-refractivity contribution in [3.05, 3.63) is 63.2 Å². The molecule has 0 heterocycles. The fourth-order valence-corrected chi connectivity index (χ4v) is 2.77. The number of non-ortho nitro benzene ring substituents is 1. The molecule has 27 heavy (non-hydrogen) atoms. The molecule has 0 saturated carbocycles. The fourth-order valence-electron chi connectivity index (χ4n) is 2.04. The lowest BCUT2D eigenvalue weighted by Gasteiger charge is -2.09. The van der Waals surface area contributed by atoms with E-state index in [1.54, 1.807) is 0 Å². The van der Waals surface area contributed by atoms with Crippen LogP contribution in [-0.4, -0.2) is 26.4 Å². The molecule has 0 aliphatic carbocycles. The second kappa shape index (κ2) is 8.14. The minimum atomic E-state index is -4.96. The largest absolute Gasteiger partial charge is 0.495 e. The number of carbonyl (C=O) groups excluding carboxylic acids is 1. The molecule has 0 aliphatic rings. The zero-order valence-corrected chi connectivity index (χ0v) is 15.3. The molecule has 0 unspecified atom stereocenters. The molecule has 11 heteroatoms. The summed E-state index contributed by atoms with van der Waals surface area (Å²) in [6.45, 7) is 0. The Morgan fingerprint density at radius 2 is 2.00 bits per heavy atom. The third kappa shape index (κ3) is 5.25. The number of rotatable bonds is 6. The quantitative estimate of drug-likeness (QED) is 0.334. The summed E-state index contributed by atoms with van der Waals surface area (Å²) in [7, 11) is -3.66. The van der Waals surface area contributed by atoms with Gasteiger partial charge in [0.1, 0.15) is 10.6 Å². The van der Waals surface area contributed by atoms with Crippen LogP contribution in [0.25, 0.3) is 6.08 Å². The molecule has 2 aromatic carbocycles. The van der Waals surface area contributed by atoms with Crippen molar-refractivity contribution in [1.82, 2.24) is 0 Å². The SMILES string of the molecule is COc1ccc(S(=O)(=O)F)cc1NC(=O)/C=C/c1ccc([N+](=O)[O-])cc1Cl. The van der Waals surface area contributed by atoms with Crippen molar-refractivity contribution >= 4 is 45.2 Å². The molecule has 0 saturated heterocycles. The van der Waals surface area contributed by atoms with Crippen molar-refractivity contribution in [2.24, 2.45) is 0 Å². The van der Waals surface area contributed by atoms with E-state index in [4.69, 9.17) is 16.3 Å². The van der Waals surface area contributed by atoms with Crippen LogP contribution >= 0.6 is 11.6 Å². The summed E-state index contributed by atoms with van der Waals surface area (Å²) < 4.78 is 40.1. The smallest absolute Gasteiger partial charge is 0.332 e. The molecule has 1 amide bonds. The van der Waals surface area contributed by atoms with Gasteiger partial charge in [-0.25, -0.2) is 0 Å². The van der Waals surface area contributed by atoms with Gasteiger partial charge in [-0.1, -0.05) is 11.6 Å². The third-order valence-electron chi connectivity index (χ3n) is 3.32. The predicted molar refractivity (Wildman–Crippen MR) is 97.1 cm³/mol. The normalized spacial score (nSPS) is 11.4.